The number of ether oxygens (including phenoxy) is 2. The number of aryl methyl sites for hydroxylation is 1. The third kappa shape index (κ3) is 8.04. The van der Waals surface area contributed by atoms with Crippen molar-refractivity contribution in [3.05, 3.63) is 70.7 Å². The second-order valence-corrected chi connectivity index (χ2v) is 9.12. The van der Waals surface area contributed by atoms with Crippen molar-refractivity contribution in [1.82, 2.24) is 19.8 Å². The van der Waals surface area contributed by atoms with Crippen molar-refractivity contribution in [1.29, 1.82) is 0 Å². The van der Waals surface area contributed by atoms with Gasteiger partial charge in [-0.15, -0.1) is 0 Å². The largest absolute Gasteiger partial charge is 0.462 e. The molecule has 1 amide bonds. The maximum atomic E-state index is 13.7. The van der Waals surface area contributed by atoms with Crippen molar-refractivity contribution in [2.45, 2.75) is 25.8 Å². The number of carbonyl (C=O) groups is 1. The Kier molecular flexibility index (Phi) is 9.23. The van der Waals surface area contributed by atoms with Crippen LogP contribution in [0.4, 0.5) is 35.5 Å². The number of amides is 1. The zero-order valence-electron chi connectivity index (χ0n) is 21.8. The van der Waals surface area contributed by atoms with Crippen LogP contribution in [-0.4, -0.2) is 60.2 Å². The van der Waals surface area contributed by atoms with Crippen LogP contribution in [0.1, 0.15) is 22.3 Å². The second-order valence-electron chi connectivity index (χ2n) is 9.12. The number of likely N-dealkylation sites (N-methyl/N-ethyl adjacent to an activating group) is 1. The van der Waals surface area contributed by atoms with Gasteiger partial charge < -0.3 is 19.3 Å². The van der Waals surface area contributed by atoms with E-state index >= 15 is 0 Å². The first-order valence-corrected chi connectivity index (χ1v) is 11.7. The van der Waals surface area contributed by atoms with E-state index in [1.165, 1.54) is 24.4 Å². The predicted octanol–water partition coefficient (Wildman–Crippen LogP) is 6.20. The van der Waals surface area contributed by atoms with Crippen molar-refractivity contribution >= 4 is 6.09 Å². The van der Waals surface area contributed by atoms with Crippen molar-refractivity contribution < 1.29 is 45.0 Å². The average Bonchev–Trinajstić information content (AvgIpc) is 2.83. The number of hydrogen-bond acceptors (Lipinski definition) is 6. The first-order chi connectivity index (χ1) is 18.5. The maximum absolute atomic E-state index is 13.7. The molecule has 216 valence electrons. The monoisotopic (exact) mass is 574 g/mol. The van der Waals surface area contributed by atoms with Gasteiger partial charge in [0.1, 0.15) is 12.4 Å². The lowest BCUT2D eigenvalue weighted by Crippen LogP contribution is -2.30. The summed E-state index contributed by atoms with van der Waals surface area (Å²) in [5, 5.41) is 0. The van der Waals surface area contributed by atoms with Crippen LogP contribution in [0.15, 0.2) is 42.6 Å². The summed E-state index contributed by atoms with van der Waals surface area (Å²) in [4.78, 5) is 23.7. The SMILES string of the molecule is Cc1cc(F)ccc1-c1cnc(OCCN(C)C)nc1OC(=O)N(C)Cc1cc(C(F)(F)F)cc(C(F)(F)F)c1. The van der Waals surface area contributed by atoms with Crippen LogP contribution in [0, 0.1) is 12.7 Å². The van der Waals surface area contributed by atoms with E-state index in [1.54, 1.807) is 6.92 Å². The highest BCUT2D eigenvalue weighted by molar-refractivity contribution is 5.76. The van der Waals surface area contributed by atoms with E-state index in [1.807, 2.05) is 19.0 Å². The summed E-state index contributed by atoms with van der Waals surface area (Å²) in [6, 6.07) is 4.72. The number of benzene rings is 2. The fourth-order valence-electron chi connectivity index (χ4n) is 3.54. The van der Waals surface area contributed by atoms with Gasteiger partial charge in [-0.05, 0) is 68.0 Å². The Hall–Kier alpha value is -3.94. The topological polar surface area (TPSA) is 67.8 Å². The second kappa shape index (κ2) is 12.1. The minimum atomic E-state index is -5.04. The molecule has 0 aliphatic rings. The van der Waals surface area contributed by atoms with Crippen molar-refractivity contribution in [3.63, 3.8) is 0 Å². The number of aromatic nitrogens is 2. The van der Waals surface area contributed by atoms with Gasteiger partial charge in [0.2, 0.25) is 5.88 Å². The number of alkyl halides is 6. The van der Waals surface area contributed by atoms with E-state index in [0.717, 1.165) is 11.9 Å². The van der Waals surface area contributed by atoms with Gasteiger partial charge in [-0.2, -0.15) is 31.3 Å². The summed E-state index contributed by atoms with van der Waals surface area (Å²) in [5.74, 6) is -0.815. The first-order valence-electron chi connectivity index (χ1n) is 11.7. The number of carbonyl (C=O) groups excluding carboxylic acids is 1. The third-order valence-corrected chi connectivity index (χ3v) is 5.54. The summed E-state index contributed by atoms with van der Waals surface area (Å²) in [6.07, 6.45) is -9.92. The van der Waals surface area contributed by atoms with Crippen LogP contribution in [0.5, 0.6) is 11.9 Å². The van der Waals surface area contributed by atoms with Gasteiger partial charge in [-0.3, -0.25) is 0 Å². The van der Waals surface area contributed by atoms with Crippen molar-refractivity contribution in [2.75, 3.05) is 34.3 Å². The molecule has 40 heavy (non-hydrogen) atoms. The Balaban J connectivity index is 1.91. The van der Waals surface area contributed by atoms with Crippen LogP contribution in [0.3, 0.4) is 0 Å². The molecule has 0 aliphatic heterocycles. The summed E-state index contributed by atoms with van der Waals surface area (Å²) in [5.41, 5.74) is -2.39. The van der Waals surface area contributed by atoms with Gasteiger partial charge in [0, 0.05) is 26.3 Å². The maximum Gasteiger partial charge on any atom is 0.416 e. The minimum Gasteiger partial charge on any atom is -0.462 e. The number of nitrogens with zero attached hydrogens (tertiary/aromatic N) is 4. The molecule has 1 aromatic heterocycles. The van der Waals surface area contributed by atoms with Crippen LogP contribution in [-0.2, 0) is 18.9 Å². The summed E-state index contributed by atoms with van der Waals surface area (Å²) in [7, 11) is 4.76. The summed E-state index contributed by atoms with van der Waals surface area (Å²) < 4.78 is 104. The highest BCUT2D eigenvalue weighted by Gasteiger charge is 2.37. The minimum absolute atomic E-state index is 0.00214. The molecule has 1 heterocycles. The lowest BCUT2D eigenvalue weighted by Gasteiger charge is -2.20. The zero-order valence-corrected chi connectivity index (χ0v) is 21.8. The Morgan fingerprint density at radius 2 is 1.55 bits per heavy atom. The molecule has 0 bridgehead atoms. The van der Waals surface area contributed by atoms with E-state index in [0.29, 0.717) is 29.8 Å². The fourth-order valence-corrected chi connectivity index (χ4v) is 3.54. The Morgan fingerprint density at radius 1 is 0.925 bits per heavy atom. The van der Waals surface area contributed by atoms with Gasteiger partial charge >= 0.3 is 24.5 Å². The smallest absolute Gasteiger partial charge is 0.416 e. The average molecular weight is 574 g/mol. The molecule has 0 saturated carbocycles. The Bertz CT molecular complexity index is 1330. The molecule has 0 fully saturated rings. The molecular weight excluding hydrogens is 549 g/mol. The summed E-state index contributed by atoms with van der Waals surface area (Å²) >= 11 is 0. The van der Waals surface area contributed by atoms with Gasteiger partial charge in [0.05, 0.1) is 16.7 Å². The number of hydrogen-bond donors (Lipinski definition) is 0. The van der Waals surface area contributed by atoms with E-state index in [9.17, 15) is 35.5 Å². The molecule has 0 spiro atoms. The van der Waals surface area contributed by atoms with Gasteiger partial charge in [-0.25, -0.2) is 14.2 Å². The standard InChI is InChI=1S/C26H25F7N4O3/c1-15-9-19(27)5-6-20(15)21-13-34-23(39-8-7-36(2)3)35-22(21)40-24(38)37(4)14-16-10-17(25(28,29)30)12-18(11-16)26(31,32)33/h5-6,9-13H,7-8,14H2,1-4H3. The molecule has 3 aromatic rings. The Labute approximate surface area is 225 Å². The van der Waals surface area contributed by atoms with Crippen molar-refractivity contribution in [2.24, 2.45) is 0 Å². The lowest BCUT2D eigenvalue weighted by molar-refractivity contribution is -0.143. The van der Waals surface area contributed by atoms with Crippen molar-refractivity contribution in [3.8, 4) is 23.0 Å². The fraction of sp³-hybridized carbons (Fsp3) is 0.346. The summed E-state index contributed by atoms with van der Waals surface area (Å²) in [6.45, 7) is 1.65. The number of halogens is 7. The molecule has 0 N–H and O–H groups in total. The van der Waals surface area contributed by atoms with Crippen LogP contribution in [0.2, 0.25) is 0 Å². The van der Waals surface area contributed by atoms with Gasteiger partial charge in [0.15, 0.2) is 0 Å². The molecule has 0 aliphatic carbocycles. The third-order valence-electron chi connectivity index (χ3n) is 5.54. The Morgan fingerprint density at radius 3 is 2.10 bits per heavy atom. The molecule has 0 saturated heterocycles. The molecule has 7 nitrogen and oxygen atoms in total. The van der Waals surface area contributed by atoms with E-state index in [2.05, 4.69) is 9.97 Å². The first kappa shape index (κ1) is 30.6. The van der Waals surface area contributed by atoms with E-state index < -0.39 is 47.5 Å². The predicted molar refractivity (Wildman–Crippen MR) is 130 cm³/mol. The van der Waals surface area contributed by atoms with E-state index in [4.69, 9.17) is 9.47 Å². The van der Waals surface area contributed by atoms with Crippen LogP contribution < -0.4 is 9.47 Å². The van der Waals surface area contributed by atoms with Crippen LogP contribution >= 0.6 is 0 Å². The highest BCUT2D eigenvalue weighted by Crippen LogP contribution is 2.37. The van der Waals surface area contributed by atoms with E-state index in [-0.39, 0.29) is 30.1 Å². The quantitative estimate of drug-likeness (QED) is 0.299. The highest BCUT2D eigenvalue weighted by atomic mass is 19.4. The zero-order chi connectivity index (χ0) is 29.8. The molecule has 0 atom stereocenters. The molecule has 2 aromatic carbocycles. The van der Waals surface area contributed by atoms with Crippen LogP contribution in [0.25, 0.3) is 11.1 Å². The molecule has 3 rings (SSSR count). The molecular formula is C26H25F7N4O3. The normalized spacial score (nSPS) is 12.0. The molecule has 0 radical (unpaired) electrons. The number of rotatable bonds is 8. The van der Waals surface area contributed by atoms with Gasteiger partial charge in [0.25, 0.3) is 0 Å². The molecule has 0 unspecified atom stereocenters. The lowest BCUT2D eigenvalue weighted by atomic mass is 10.0. The molecule has 14 heteroatoms. The van der Waals surface area contributed by atoms with Gasteiger partial charge in [-0.1, -0.05) is 6.07 Å².